The zero-order valence-electron chi connectivity index (χ0n) is 10.6. The number of halogens is 1. The van der Waals surface area contributed by atoms with Crippen LogP contribution in [-0.2, 0) is 13.6 Å². The van der Waals surface area contributed by atoms with E-state index in [1.54, 1.807) is 28.8 Å². The van der Waals surface area contributed by atoms with E-state index < -0.39 is 0 Å². The first-order valence-electron chi connectivity index (χ1n) is 6.23. The molecule has 1 aliphatic rings. The minimum absolute atomic E-state index is 0.120. The van der Waals surface area contributed by atoms with E-state index in [9.17, 15) is 4.39 Å². The smallest absolute Gasteiger partial charge is 0.164 e. The van der Waals surface area contributed by atoms with E-state index in [1.807, 2.05) is 13.1 Å². The molecule has 1 aromatic heterocycles. The van der Waals surface area contributed by atoms with Gasteiger partial charge in [0.15, 0.2) is 5.82 Å². The van der Waals surface area contributed by atoms with Crippen LogP contribution in [0.5, 0.6) is 0 Å². The molecule has 4 nitrogen and oxygen atoms in total. The van der Waals surface area contributed by atoms with Gasteiger partial charge in [-0.05, 0) is 23.8 Å². The lowest BCUT2D eigenvalue weighted by Crippen LogP contribution is -2.25. The molecule has 1 N–H and O–H groups in total. The maximum atomic E-state index is 13.7. The molecule has 100 valence electrons. The van der Waals surface area contributed by atoms with Crippen molar-refractivity contribution in [2.75, 3.05) is 5.75 Å². The quantitative estimate of drug-likeness (QED) is 0.935. The van der Waals surface area contributed by atoms with Gasteiger partial charge < -0.3 is 5.32 Å². The van der Waals surface area contributed by atoms with Gasteiger partial charge in [-0.15, -0.1) is 11.8 Å². The van der Waals surface area contributed by atoms with Crippen LogP contribution < -0.4 is 5.32 Å². The Balaban J connectivity index is 1.75. The minimum Gasteiger partial charge on any atom is -0.303 e. The molecule has 0 saturated carbocycles. The Bertz CT molecular complexity index is 584. The normalized spacial score (nSPS) is 18.3. The second kappa shape index (κ2) is 5.30. The van der Waals surface area contributed by atoms with Crippen LogP contribution in [0.1, 0.15) is 23.9 Å². The van der Waals surface area contributed by atoms with Crippen LogP contribution in [-0.4, -0.2) is 20.5 Å². The average Bonchev–Trinajstić information content (AvgIpc) is 2.83. The van der Waals surface area contributed by atoms with Gasteiger partial charge >= 0.3 is 0 Å². The van der Waals surface area contributed by atoms with Crippen molar-refractivity contribution in [2.45, 2.75) is 23.9 Å². The van der Waals surface area contributed by atoms with Crippen molar-refractivity contribution >= 4 is 11.8 Å². The number of nitrogens with one attached hydrogen (secondary N) is 1. The van der Waals surface area contributed by atoms with Gasteiger partial charge in [0.05, 0.1) is 6.54 Å². The first-order chi connectivity index (χ1) is 9.24. The molecule has 0 saturated heterocycles. The van der Waals surface area contributed by atoms with Crippen LogP contribution >= 0.6 is 11.8 Å². The number of aryl methyl sites for hydroxylation is 1. The highest BCUT2D eigenvalue weighted by atomic mass is 32.2. The summed E-state index contributed by atoms with van der Waals surface area (Å²) in [4.78, 5) is 4.96. The maximum Gasteiger partial charge on any atom is 0.164 e. The zero-order chi connectivity index (χ0) is 13.2. The van der Waals surface area contributed by atoms with Crippen LogP contribution in [0.4, 0.5) is 4.39 Å². The third kappa shape index (κ3) is 2.64. The molecule has 3 rings (SSSR count). The zero-order valence-corrected chi connectivity index (χ0v) is 11.5. The highest BCUT2D eigenvalue weighted by Gasteiger charge is 2.22. The van der Waals surface area contributed by atoms with Gasteiger partial charge in [-0.2, -0.15) is 5.10 Å². The molecule has 0 radical (unpaired) electrons. The van der Waals surface area contributed by atoms with E-state index in [0.29, 0.717) is 6.54 Å². The molecule has 1 aromatic carbocycles. The maximum absolute atomic E-state index is 13.7. The third-order valence-electron chi connectivity index (χ3n) is 3.18. The Morgan fingerprint density at radius 2 is 2.42 bits per heavy atom. The van der Waals surface area contributed by atoms with Crippen LogP contribution in [0.15, 0.2) is 29.4 Å². The van der Waals surface area contributed by atoms with Gasteiger partial charge in [0.25, 0.3) is 0 Å². The number of aromatic nitrogens is 3. The second-order valence-corrected chi connectivity index (χ2v) is 5.67. The second-order valence-electron chi connectivity index (χ2n) is 4.56. The first-order valence-corrected chi connectivity index (χ1v) is 7.21. The summed E-state index contributed by atoms with van der Waals surface area (Å²) in [7, 11) is 1.85. The molecule has 0 fully saturated rings. The largest absolute Gasteiger partial charge is 0.303 e. The van der Waals surface area contributed by atoms with Crippen LogP contribution in [0.25, 0.3) is 0 Å². The summed E-state index contributed by atoms with van der Waals surface area (Å²) in [5, 5.41) is 7.65. The van der Waals surface area contributed by atoms with Crippen molar-refractivity contribution in [2.24, 2.45) is 7.05 Å². The molecule has 2 heterocycles. The Kier molecular flexibility index (Phi) is 3.52. The van der Waals surface area contributed by atoms with E-state index in [2.05, 4.69) is 15.4 Å². The standard InChI is InChI=1S/C13H15FN4S/c1-18-8-16-12(17-18)7-15-11-5-6-19-13-9(11)3-2-4-10(13)14/h2-4,8,11,15H,5-7H2,1H3. The minimum atomic E-state index is -0.120. The SMILES string of the molecule is Cn1cnc(CNC2CCSc3c(F)cccc32)n1. The van der Waals surface area contributed by atoms with E-state index >= 15 is 0 Å². The Labute approximate surface area is 115 Å². The molecule has 2 aromatic rings. The van der Waals surface area contributed by atoms with Gasteiger partial charge in [-0.1, -0.05) is 12.1 Å². The van der Waals surface area contributed by atoms with E-state index in [1.165, 1.54) is 6.07 Å². The molecule has 19 heavy (non-hydrogen) atoms. The highest BCUT2D eigenvalue weighted by Crippen LogP contribution is 2.37. The molecular formula is C13H15FN4S. The molecule has 1 aliphatic heterocycles. The van der Waals surface area contributed by atoms with Gasteiger partial charge in [0, 0.05) is 18.0 Å². The van der Waals surface area contributed by atoms with E-state index in [4.69, 9.17) is 0 Å². The number of fused-ring (bicyclic) bond motifs is 1. The molecule has 6 heteroatoms. The summed E-state index contributed by atoms with van der Waals surface area (Å²) in [6, 6.07) is 5.46. The van der Waals surface area contributed by atoms with Gasteiger partial charge in [0.1, 0.15) is 12.1 Å². The number of benzene rings is 1. The van der Waals surface area contributed by atoms with Crippen LogP contribution in [0.2, 0.25) is 0 Å². The fraction of sp³-hybridized carbons (Fsp3) is 0.385. The third-order valence-corrected chi connectivity index (χ3v) is 4.34. The summed E-state index contributed by atoms with van der Waals surface area (Å²) in [5.41, 5.74) is 1.05. The summed E-state index contributed by atoms with van der Waals surface area (Å²) >= 11 is 1.59. The summed E-state index contributed by atoms with van der Waals surface area (Å²) in [6.07, 6.45) is 2.68. The number of hydrogen-bond donors (Lipinski definition) is 1. The average molecular weight is 278 g/mol. The number of nitrogens with zero attached hydrogens (tertiary/aromatic N) is 3. The van der Waals surface area contributed by atoms with Crippen molar-refractivity contribution in [3.05, 3.63) is 41.7 Å². The monoisotopic (exact) mass is 278 g/mol. The fourth-order valence-corrected chi connectivity index (χ4v) is 3.42. The number of hydrogen-bond acceptors (Lipinski definition) is 4. The lowest BCUT2D eigenvalue weighted by molar-refractivity contribution is 0.487. The number of thioether (sulfide) groups is 1. The van der Waals surface area contributed by atoms with Crippen molar-refractivity contribution in [1.82, 2.24) is 20.1 Å². The van der Waals surface area contributed by atoms with E-state index in [0.717, 1.165) is 28.5 Å². The molecule has 0 bridgehead atoms. The van der Waals surface area contributed by atoms with Crippen molar-refractivity contribution < 1.29 is 4.39 Å². The molecular weight excluding hydrogens is 263 g/mol. The Morgan fingerprint density at radius 1 is 1.53 bits per heavy atom. The van der Waals surface area contributed by atoms with Gasteiger partial charge in [-0.25, -0.2) is 9.37 Å². The Hall–Kier alpha value is -1.40. The van der Waals surface area contributed by atoms with E-state index in [-0.39, 0.29) is 11.9 Å². The fourth-order valence-electron chi connectivity index (χ4n) is 2.28. The van der Waals surface area contributed by atoms with Gasteiger partial charge in [0.2, 0.25) is 0 Å². The molecule has 0 amide bonds. The van der Waals surface area contributed by atoms with Crippen molar-refractivity contribution in [1.29, 1.82) is 0 Å². The molecule has 0 aliphatic carbocycles. The lowest BCUT2D eigenvalue weighted by Gasteiger charge is -2.25. The summed E-state index contributed by atoms with van der Waals surface area (Å²) < 4.78 is 15.4. The first kappa shape index (κ1) is 12.6. The van der Waals surface area contributed by atoms with Gasteiger partial charge in [-0.3, -0.25) is 4.68 Å². The summed E-state index contributed by atoms with van der Waals surface area (Å²) in [5.74, 6) is 1.57. The van der Waals surface area contributed by atoms with Crippen LogP contribution in [0.3, 0.4) is 0 Å². The predicted molar refractivity (Wildman–Crippen MR) is 72.3 cm³/mol. The van der Waals surface area contributed by atoms with Crippen molar-refractivity contribution in [3.63, 3.8) is 0 Å². The predicted octanol–water partition coefficient (Wildman–Crippen LogP) is 2.28. The Morgan fingerprint density at radius 3 is 3.21 bits per heavy atom. The lowest BCUT2D eigenvalue weighted by atomic mass is 10.0. The van der Waals surface area contributed by atoms with Crippen molar-refractivity contribution in [3.8, 4) is 0 Å². The highest BCUT2D eigenvalue weighted by molar-refractivity contribution is 7.99. The molecule has 1 unspecified atom stereocenters. The summed E-state index contributed by atoms with van der Waals surface area (Å²) in [6.45, 7) is 0.603. The molecule has 1 atom stereocenters. The molecule has 0 spiro atoms. The van der Waals surface area contributed by atoms with Crippen LogP contribution in [0, 0.1) is 5.82 Å². The number of rotatable bonds is 3. The topological polar surface area (TPSA) is 42.7 Å².